The third kappa shape index (κ3) is 4.81. The van der Waals surface area contributed by atoms with E-state index in [1.165, 1.54) is 5.56 Å². The number of aliphatic hydroxyl groups excluding tert-OH is 1. The van der Waals surface area contributed by atoms with Gasteiger partial charge in [-0.3, -0.25) is 0 Å². The summed E-state index contributed by atoms with van der Waals surface area (Å²) in [5, 5.41) is 21.0. The summed E-state index contributed by atoms with van der Waals surface area (Å²) in [6, 6.07) is 7.70. The summed E-state index contributed by atoms with van der Waals surface area (Å²) < 4.78 is 0. The first-order chi connectivity index (χ1) is 7.22. The van der Waals surface area contributed by atoms with Crippen molar-refractivity contribution in [2.24, 2.45) is 0 Å². The molecular formula is C12H19NO2. The molecule has 1 rings (SSSR count). The van der Waals surface area contributed by atoms with Gasteiger partial charge in [0.05, 0.1) is 6.61 Å². The molecule has 0 saturated carbocycles. The fourth-order valence-corrected chi connectivity index (χ4v) is 1.46. The van der Waals surface area contributed by atoms with Crippen LogP contribution in [0.4, 0.5) is 0 Å². The fourth-order valence-electron chi connectivity index (χ4n) is 1.46. The maximum atomic E-state index is 9.11. The molecule has 0 aliphatic carbocycles. The summed E-state index contributed by atoms with van der Waals surface area (Å²) in [5.74, 6) is 0.310. The lowest BCUT2D eigenvalue weighted by molar-refractivity contribution is 0.284. The Bertz CT molecular complexity index is 271. The van der Waals surface area contributed by atoms with Gasteiger partial charge in [-0.25, -0.2) is 0 Å². The van der Waals surface area contributed by atoms with Crippen LogP contribution < -0.4 is 5.32 Å². The Labute approximate surface area is 90.8 Å². The average molecular weight is 209 g/mol. The third-order valence-electron chi connectivity index (χ3n) is 2.41. The molecule has 3 N–H and O–H groups in total. The smallest absolute Gasteiger partial charge is 0.115 e. The monoisotopic (exact) mass is 209 g/mol. The van der Waals surface area contributed by atoms with Crippen LogP contribution in [0, 0.1) is 0 Å². The Hall–Kier alpha value is -1.06. The normalized spacial score (nSPS) is 12.7. The predicted molar refractivity (Wildman–Crippen MR) is 61.0 cm³/mol. The quantitative estimate of drug-likeness (QED) is 0.662. The summed E-state index contributed by atoms with van der Waals surface area (Å²) >= 11 is 0. The second-order valence-corrected chi connectivity index (χ2v) is 3.78. The lowest BCUT2D eigenvalue weighted by Crippen LogP contribution is -2.29. The molecule has 0 aromatic heterocycles. The summed E-state index contributed by atoms with van der Waals surface area (Å²) in [5.41, 5.74) is 1.23. The van der Waals surface area contributed by atoms with Gasteiger partial charge in [0.1, 0.15) is 5.75 Å². The van der Waals surface area contributed by atoms with Crippen LogP contribution >= 0.6 is 0 Å². The molecule has 0 aliphatic heterocycles. The lowest BCUT2D eigenvalue weighted by Gasteiger charge is -2.12. The summed E-state index contributed by atoms with van der Waals surface area (Å²) in [7, 11) is 0. The molecule has 0 radical (unpaired) electrons. The van der Waals surface area contributed by atoms with Crippen molar-refractivity contribution in [1.29, 1.82) is 0 Å². The number of rotatable bonds is 6. The molecule has 3 heteroatoms. The van der Waals surface area contributed by atoms with Crippen LogP contribution in [-0.2, 0) is 6.42 Å². The van der Waals surface area contributed by atoms with Gasteiger partial charge in [-0.2, -0.15) is 0 Å². The summed E-state index contributed by atoms with van der Waals surface area (Å²) in [6.45, 7) is 2.94. The number of aromatic hydroxyl groups is 1. The van der Waals surface area contributed by atoms with Crippen molar-refractivity contribution in [3.8, 4) is 5.75 Å². The maximum absolute atomic E-state index is 9.11. The number of hydrogen-bond acceptors (Lipinski definition) is 3. The number of aliphatic hydroxyl groups is 1. The maximum Gasteiger partial charge on any atom is 0.115 e. The zero-order valence-electron chi connectivity index (χ0n) is 9.11. The van der Waals surface area contributed by atoms with Gasteiger partial charge < -0.3 is 15.5 Å². The van der Waals surface area contributed by atoms with Gasteiger partial charge in [-0.15, -0.1) is 0 Å². The topological polar surface area (TPSA) is 52.5 Å². The molecule has 0 heterocycles. The highest BCUT2D eigenvalue weighted by Gasteiger charge is 2.01. The van der Waals surface area contributed by atoms with E-state index in [1.54, 1.807) is 12.1 Å². The van der Waals surface area contributed by atoms with Gasteiger partial charge in [0.15, 0.2) is 0 Å². The minimum Gasteiger partial charge on any atom is -0.508 e. The van der Waals surface area contributed by atoms with E-state index in [-0.39, 0.29) is 6.61 Å². The molecule has 3 nitrogen and oxygen atoms in total. The highest BCUT2D eigenvalue weighted by Crippen LogP contribution is 2.11. The van der Waals surface area contributed by atoms with Crippen molar-refractivity contribution in [3.63, 3.8) is 0 Å². The molecule has 1 atom stereocenters. The van der Waals surface area contributed by atoms with Crippen LogP contribution in [0.1, 0.15) is 18.9 Å². The minimum atomic E-state index is 0.184. The zero-order valence-corrected chi connectivity index (χ0v) is 9.11. The molecular weight excluding hydrogens is 190 g/mol. The van der Waals surface area contributed by atoms with E-state index in [4.69, 9.17) is 10.2 Å². The van der Waals surface area contributed by atoms with Crippen molar-refractivity contribution >= 4 is 0 Å². The molecule has 0 fully saturated rings. The van der Waals surface area contributed by atoms with Crippen molar-refractivity contribution < 1.29 is 10.2 Å². The van der Waals surface area contributed by atoms with Crippen LogP contribution in [0.25, 0.3) is 0 Å². The average Bonchev–Trinajstić information content (AvgIpc) is 2.25. The summed E-state index contributed by atoms with van der Waals surface area (Å²) in [6.07, 6.45) is 2.02. The van der Waals surface area contributed by atoms with Gasteiger partial charge in [0.2, 0.25) is 0 Å². The van der Waals surface area contributed by atoms with E-state index in [9.17, 15) is 0 Å². The van der Waals surface area contributed by atoms with Gasteiger partial charge in [0, 0.05) is 12.6 Å². The second kappa shape index (κ2) is 6.43. The van der Waals surface area contributed by atoms with Crippen LogP contribution in [0.5, 0.6) is 5.75 Å². The van der Waals surface area contributed by atoms with E-state index in [0.717, 1.165) is 12.8 Å². The van der Waals surface area contributed by atoms with Crippen LogP contribution in [0.3, 0.4) is 0 Å². The second-order valence-electron chi connectivity index (χ2n) is 3.78. The van der Waals surface area contributed by atoms with E-state index in [1.807, 2.05) is 12.1 Å². The van der Waals surface area contributed by atoms with Crippen molar-refractivity contribution in [1.82, 2.24) is 5.32 Å². The van der Waals surface area contributed by atoms with Gasteiger partial charge in [-0.1, -0.05) is 12.1 Å². The van der Waals surface area contributed by atoms with E-state index >= 15 is 0 Å². The molecule has 0 amide bonds. The molecule has 15 heavy (non-hydrogen) atoms. The van der Waals surface area contributed by atoms with Gasteiger partial charge in [-0.05, 0) is 37.5 Å². The van der Waals surface area contributed by atoms with Crippen LogP contribution in [-0.4, -0.2) is 29.4 Å². The highest BCUT2D eigenvalue weighted by atomic mass is 16.3. The zero-order chi connectivity index (χ0) is 11.1. The van der Waals surface area contributed by atoms with Crippen molar-refractivity contribution in [2.75, 3.05) is 13.2 Å². The Morgan fingerprint density at radius 2 is 1.93 bits per heavy atom. The number of phenols is 1. The first kappa shape index (κ1) is 12.0. The lowest BCUT2D eigenvalue weighted by atomic mass is 10.1. The van der Waals surface area contributed by atoms with Gasteiger partial charge in [0.25, 0.3) is 0 Å². The fraction of sp³-hybridized carbons (Fsp3) is 0.500. The number of aryl methyl sites for hydroxylation is 1. The third-order valence-corrected chi connectivity index (χ3v) is 2.41. The molecule has 0 aliphatic rings. The molecule has 1 aromatic rings. The molecule has 0 unspecified atom stereocenters. The molecule has 0 saturated heterocycles. The predicted octanol–water partition coefficient (Wildman–Crippen LogP) is 1.30. The molecule has 1 aromatic carbocycles. The first-order valence-electron chi connectivity index (χ1n) is 5.34. The van der Waals surface area contributed by atoms with Crippen molar-refractivity contribution in [2.45, 2.75) is 25.8 Å². The van der Waals surface area contributed by atoms with Crippen molar-refractivity contribution in [3.05, 3.63) is 29.8 Å². The Kier molecular flexibility index (Phi) is 5.15. The molecule has 84 valence electrons. The number of hydrogen-bond donors (Lipinski definition) is 3. The van der Waals surface area contributed by atoms with E-state index in [0.29, 0.717) is 18.3 Å². The standard InChI is InChI=1S/C12H19NO2/c1-10(13-8-9-14)2-3-11-4-6-12(15)7-5-11/h4-7,10,13-15H,2-3,8-9H2,1H3/t10-/m1/s1. The number of phenolic OH excluding ortho intramolecular Hbond substituents is 1. The summed E-state index contributed by atoms with van der Waals surface area (Å²) in [4.78, 5) is 0. The Morgan fingerprint density at radius 1 is 1.27 bits per heavy atom. The largest absolute Gasteiger partial charge is 0.508 e. The van der Waals surface area contributed by atoms with E-state index in [2.05, 4.69) is 12.2 Å². The Balaban J connectivity index is 2.27. The SMILES string of the molecule is C[C@H](CCc1ccc(O)cc1)NCCO. The number of nitrogens with one attached hydrogen (secondary N) is 1. The van der Waals surface area contributed by atoms with Crippen LogP contribution in [0.15, 0.2) is 24.3 Å². The minimum absolute atomic E-state index is 0.184. The molecule has 0 bridgehead atoms. The molecule has 0 spiro atoms. The highest BCUT2D eigenvalue weighted by molar-refractivity contribution is 5.25. The van der Waals surface area contributed by atoms with Crippen LogP contribution in [0.2, 0.25) is 0 Å². The van der Waals surface area contributed by atoms with Gasteiger partial charge >= 0.3 is 0 Å². The van der Waals surface area contributed by atoms with E-state index < -0.39 is 0 Å². The Morgan fingerprint density at radius 3 is 2.53 bits per heavy atom. The first-order valence-corrected chi connectivity index (χ1v) is 5.34. The number of benzene rings is 1.